The summed E-state index contributed by atoms with van der Waals surface area (Å²) in [6.07, 6.45) is 1.87. The normalized spacial score (nSPS) is 9.36. The Balaban J connectivity index is 0.000000791. The van der Waals surface area contributed by atoms with Crippen LogP contribution >= 0.6 is 0 Å². The van der Waals surface area contributed by atoms with E-state index >= 15 is 0 Å². The molecule has 0 aromatic carbocycles. The third-order valence-electron chi connectivity index (χ3n) is 1.91. The van der Waals surface area contributed by atoms with Crippen molar-refractivity contribution in [2.75, 3.05) is 7.11 Å². The number of methoxy groups -OCH3 is 1. The van der Waals surface area contributed by atoms with Gasteiger partial charge in [0.2, 0.25) is 5.88 Å². The summed E-state index contributed by atoms with van der Waals surface area (Å²) < 4.78 is 5.07. The van der Waals surface area contributed by atoms with Crippen LogP contribution in [0.4, 0.5) is 0 Å². The van der Waals surface area contributed by atoms with Gasteiger partial charge in [-0.2, -0.15) is 0 Å². The molecule has 0 fully saturated rings. The zero-order valence-electron chi connectivity index (χ0n) is 10.1. The number of hydrogen-bond donors (Lipinski definition) is 0. The van der Waals surface area contributed by atoms with Crippen LogP contribution in [0.3, 0.4) is 0 Å². The number of aromatic nitrogens is 1. The van der Waals surface area contributed by atoms with Crippen LogP contribution in [-0.2, 0) is 0 Å². The molecule has 0 unspecified atom stereocenters. The lowest BCUT2D eigenvalue weighted by molar-refractivity contribution is 0.394. The summed E-state index contributed by atoms with van der Waals surface area (Å²) >= 11 is 0. The van der Waals surface area contributed by atoms with Gasteiger partial charge in [0.25, 0.3) is 0 Å². The van der Waals surface area contributed by atoms with Crippen molar-refractivity contribution in [2.24, 2.45) is 0 Å². The standard InChI is InChI=1S/C10H15NO.C2H6/c1-7(2)9-5-8(3)10(12-4)11-6-9;1-2/h5-7H,1-4H3;1-2H3. The maximum atomic E-state index is 5.07. The van der Waals surface area contributed by atoms with E-state index in [0.29, 0.717) is 5.92 Å². The average molecular weight is 195 g/mol. The predicted octanol–water partition coefficient (Wildman–Crippen LogP) is 3.55. The first-order chi connectivity index (χ1) is 6.65. The van der Waals surface area contributed by atoms with Crippen molar-refractivity contribution >= 4 is 0 Å². The van der Waals surface area contributed by atoms with Crippen LogP contribution in [0, 0.1) is 6.92 Å². The smallest absolute Gasteiger partial charge is 0.215 e. The first-order valence-corrected chi connectivity index (χ1v) is 5.15. The number of ether oxygens (including phenoxy) is 1. The zero-order valence-corrected chi connectivity index (χ0v) is 10.1. The number of rotatable bonds is 2. The molecule has 0 saturated heterocycles. The number of nitrogens with zero attached hydrogens (tertiary/aromatic N) is 1. The first-order valence-electron chi connectivity index (χ1n) is 5.15. The van der Waals surface area contributed by atoms with Crippen LogP contribution in [0.15, 0.2) is 12.3 Å². The van der Waals surface area contributed by atoms with Gasteiger partial charge in [-0.3, -0.25) is 0 Å². The predicted molar refractivity (Wildman–Crippen MR) is 61.0 cm³/mol. The summed E-state index contributed by atoms with van der Waals surface area (Å²) in [4.78, 5) is 4.20. The molecule has 0 radical (unpaired) electrons. The van der Waals surface area contributed by atoms with Crippen molar-refractivity contribution in [3.05, 3.63) is 23.4 Å². The van der Waals surface area contributed by atoms with E-state index in [2.05, 4.69) is 24.9 Å². The Morgan fingerprint density at radius 1 is 1.29 bits per heavy atom. The Labute approximate surface area is 87.3 Å². The number of hydrogen-bond acceptors (Lipinski definition) is 2. The Bertz CT molecular complexity index is 269. The Kier molecular flexibility index (Phi) is 5.93. The van der Waals surface area contributed by atoms with Crippen LogP contribution in [-0.4, -0.2) is 12.1 Å². The third-order valence-corrected chi connectivity index (χ3v) is 1.91. The summed E-state index contributed by atoms with van der Waals surface area (Å²) in [6, 6.07) is 2.12. The molecule has 0 bridgehead atoms. The Morgan fingerprint density at radius 2 is 1.86 bits per heavy atom. The first kappa shape index (κ1) is 12.9. The van der Waals surface area contributed by atoms with E-state index in [4.69, 9.17) is 4.74 Å². The van der Waals surface area contributed by atoms with E-state index in [1.807, 2.05) is 27.0 Å². The van der Waals surface area contributed by atoms with Crippen molar-refractivity contribution in [2.45, 2.75) is 40.5 Å². The van der Waals surface area contributed by atoms with E-state index in [1.54, 1.807) is 7.11 Å². The van der Waals surface area contributed by atoms with E-state index in [-0.39, 0.29) is 0 Å². The second kappa shape index (κ2) is 6.41. The molecule has 1 heterocycles. The molecule has 0 spiro atoms. The highest BCUT2D eigenvalue weighted by molar-refractivity contribution is 5.29. The summed E-state index contributed by atoms with van der Waals surface area (Å²) in [7, 11) is 1.64. The van der Waals surface area contributed by atoms with Crippen LogP contribution < -0.4 is 4.74 Å². The third kappa shape index (κ3) is 3.36. The molecule has 1 aromatic rings. The number of aryl methyl sites for hydroxylation is 1. The molecule has 1 rings (SSSR count). The maximum Gasteiger partial charge on any atom is 0.215 e. The zero-order chi connectivity index (χ0) is 11.1. The largest absolute Gasteiger partial charge is 0.481 e. The van der Waals surface area contributed by atoms with Gasteiger partial charge in [0, 0.05) is 11.8 Å². The van der Waals surface area contributed by atoms with Gasteiger partial charge in [-0.25, -0.2) is 4.98 Å². The minimum absolute atomic E-state index is 0.530. The summed E-state index contributed by atoms with van der Waals surface area (Å²) in [5.74, 6) is 1.25. The molecule has 0 N–H and O–H groups in total. The summed E-state index contributed by atoms with van der Waals surface area (Å²) in [5, 5.41) is 0. The van der Waals surface area contributed by atoms with E-state index in [1.165, 1.54) is 5.56 Å². The highest BCUT2D eigenvalue weighted by Gasteiger charge is 2.03. The molecule has 2 heteroatoms. The molecule has 80 valence electrons. The molecule has 14 heavy (non-hydrogen) atoms. The van der Waals surface area contributed by atoms with Crippen LogP contribution in [0.2, 0.25) is 0 Å². The molecule has 2 nitrogen and oxygen atoms in total. The topological polar surface area (TPSA) is 22.1 Å². The number of pyridine rings is 1. The molecule has 0 aliphatic carbocycles. The highest BCUT2D eigenvalue weighted by Crippen LogP contribution is 2.19. The van der Waals surface area contributed by atoms with Crippen molar-refractivity contribution in [3.63, 3.8) is 0 Å². The minimum Gasteiger partial charge on any atom is -0.481 e. The molecule has 0 amide bonds. The van der Waals surface area contributed by atoms with Gasteiger partial charge in [0.15, 0.2) is 0 Å². The second-order valence-electron chi connectivity index (χ2n) is 3.25. The lowest BCUT2D eigenvalue weighted by atomic mass is 10.0. The van der Waals surface area contributed by atoms with Crippen LogP contribution in [0.25, 0.3) is 0 Å². The summed E-state index contributed by atoms with van der Waals surface area (Å²) in [5.41, 5.74) is 2.36. The highest BCUT2D eigenvalue weighted by atomic mass is 16.5. The van der Waals surface area contributed by atoms with E-state index < -0.39 is 0 Å². The SMILES string of the molecule is CC.COc1ncc(C(C)C)cc1C. The van der Waals surface area contributed by atoms with Crippen molar-refractivity contribution in [1.82, 2.24) is 4.98 Å². The van der Waals surface area contributed by atoms with Gasteiger partial charge >= 0.3 is 0 Å². The molecular weight excluding hydrogens is 174 g/mol. The van der Waals surface area contributed by atoms with E-state index in [0.717, 1.165) is 11.4 Å². The van der Waals surface area contributed by atoms with Gasteiger partial charge in [-0.05, 0) is 24.5 Å². The fraction of sp³-hybridized carbons (Fsp3) is 0.583. The molecule has 0 saturated carbocycles. The Hall–Kier alpha value is -1.05. The second-order valence-corrected chi connectivity index (χ2v) is 3.25. The molecule has 1 aromatic heterocycles. The van der Waals surface area contributed by atoms with Gasteiger partial charge in [0.1, 0.15) is 0 Å². The van der Waals surface area contributed by atoms with Crippen molar-refractivity contribution in [1.29, 1.82) is 0 Å². The fourth-order valence-corrected chi connectivity index (χ4v) is 1.11. The summed E-state index contributed by atoms with van der Waals surface area (Å²) in [6.45, 7) is 10.3. The van der Waals surface area contributed by atoms with Crippen LogP contribution in [0.1, 0.15) is 44.7 Å². The lowest BCUT2D eigenvalue weighted by Crippen LogP contribution is -1.95. The van der Waals surface area contributed by atoms with Gasteiger partial charge in [-0.1, -0.05) is 27.7 Å². The van der Waals surface area contributed by atoms with Crippen molar-refractivity contribution < 1.29 is 4.74 Å². The van der Waals surface area contributed by atoms with E-state index in [9.17, 15) is 0 Å². The van der Waals surface area contributed by atoms with Gasteiger partial charge in [-0.15, -0.1) is 0 Å². The lowest BCUT2D eigenvalue weighted by Gasteiger charge is -2.08. The van der Waals surface area contributed by atoms with Crippen LogP contribution in [0.5, 0.6) is 5.88 Å². The molecule has 0 aliphatic heterocycles. The quantitative estimate of drug-likeness (QED) is 0.720. The fourth-order valence-electron chi connectivity index (χ4n) is 1.11. The molecule has 0 aliphatic rings. The average Bonchev–Trinajstić information content (AvgIpc) is 2.20. The Morgan fingerprint density at radius 3 is 2.21 bits per heavy atom. The minimum atomic E-state index is 0.530. The van der Waals surface area contributed by atoms with Crippen molar-refractivity contribution in [3.8, 4) is 5.88 Å². The molecule has 0 atom stereocenters. The van der Waals surface area contributed by atoms with Gasteiger partial charge < -0.3 is 4.74 Å². The maximum absolute atomic E-state index is 5.07. The van der Waals surface area contributed by atoms with Gasteiger partial charge in [0.05, 0.1) is 7.11 Å². The monoisotopic (exact) mass is 195 g/mol. The molecular formula is C12H21NO.